The molecule has 1 N–H and O–H groups in total. The highest BCUT2D eigenvalue weighted by Gasteiger charge is 2.20. The zero-order valence-electron chi connectivity index (χ0n) is 13.9. The van der Waals surface area contributed by atoms with Crippen LogP contribution >= 0.6 is 11.6 Å². The van der Waals surface area contributed by atoms with Crippen molar-refractivity contribution < 1.29 is 14.4 Å². The highest BCUT2D eigenvalue weighted by atomic mass is 35.5. The smallest absolute Gasteiger partial charge is 0.289 e. The summed E-state index contributed by atoms with van der Waals surface area (Å²) in [5, 5.41) is 21.4. The van der Waals surface area contributed by atoms with Crippen LogP contribution in [-0.4, -0.2) is 28.1 Å². The fourth-order valence-corrected chi connectivity index (χ4v) is 2.72. The second-order valence-corrected chi connectivity index (χ2v) is 6.53. The van der Waals surface area contributed by atoms with Gasteiger partial charge in [-0.05, 0) is 23.6 Å². The topological polar surface area (TPSA) is 79.5 Å². The van der Waals surface area contributed by atoms with E-state index in [1.54, 1.807) is 4.90 Å². The lowest BCUT2D eigenvalue weighted by Crippen LogP contribution is -2.33. The number of benzene rings is 1. The van der Waals surface area contributed by atoms with Crippen molar-refractivity contribution in [3.05, 3.63) is 63.0 Å². The van der Waals surface area contributed by atoms with Gasteiger partial charge in [0.05, 0.1) is 16.0 Å². The van der Waals surface area contributed by atoms with Crippen molar-refractivity contribution in [2.75, 3.05) is 18.0 Å². The molecular weight excluding hydrogens is 349 g/mol. The summed E-state index contributed by atoms with van der Waals surface area (Å²) in [6.45, 7) is 4.71. The molecule has 2 aromatic rings. The molecule has 0 saturated heterocycles. The van der Waals surface area contributed by atoms with Crippen LogP contribution in [0.3, 0.4) is 0 Å². The number of nitrogens with zero attached hydrogens (tertiary/aromatic N) is 3. The predicted molar refractivity (Wildman–Crippen MR) is 94.3 cm³/mol. The molecule has 0 amide bonds. The molecule has 134 valence electrons. The van der Waals surface area contributed by atoms with E-state index in [2.05, 4.69) is 4.98 Å². The number of nitro groups is 1. The van der Waals surface area contributed by atoms with Gasteiger partial charge < -0.3 is 10.0 Å². The van der Waals surface area contributed by atoms with E-state index >= 15 is 0 Å². The molecule has 0 spiro atoms. The zero-order chi connectivity index (χ0) is 18.6. The Morgan fingerprint density at radius 2 is 1.96 bits per heavy atom. The van der Waals surface area contributed by atoms with Gasteiger partial charge >= 0.3 is 0 Å². The third-order valence-electron chi connectivity index (χ3n) is 3.55. The van der Waals surface area contributed by atoms with Gasteiger partial charge in [-0.2, -0.15) is 0 Å². The highest BCUT2D eigenvalue weighted by Crippen LogP contribution is 2.29. The quantitative estimate of drug-likeness (QED) is 0.591. The second kappa shape index (κ2) is 8.22. The summed E-state index contributed by atoms with van der Waals surface area (Å²) in [7, 11) is 0. The minimum Gasteiger partial charge on any atom is -0.387 e. The Bertz CT molecular complexity index is 740. The number of aromatic nitrogens is 1. The van der Waals surface area contributed by atoms with Gasteiger partial charge in [0.15, 0.2) is 0 Å². The summed E-state index contributed by atoms with van der Waals surface area (Å²) in [6.07, 6.45) is 0.256. The lowest BCUT2D eigenvalue weighted by atomic mass is 10.1. The van der Waals surface area contributed by atoms with E-state index in [-0.39, 0.29) is 29.0 Å². The Labute approximate surface area is 150 Å². The highest BCUT2D eigenvalue weighted by molar-refractivity contribution is 6.33. The van der Waals surface area contributed by atoms with Gasteiger partial charge in [0, 0.05) is 19.2 Å². The van der Waals surface area contributed by atoms with Crippen LogP contribution < -0.4 is 4.90 Å². The van der Waals surface area contributed by atoms with Gasteiger partial charge in [-0.1, -0.05) is 37.6 Å². The Morgan fingerprint density at radius 1 is 1.32 bits per heavy atom. The molecule has 1 atom stereocenters. The van der Waals surface area contributed by atoms with E-state index in [0.29, 0.717) is 17.9 Å². The Kier molecular flexibility index (Phi) is 6.27. The first-order valence-electron chi connectivity index (χ1n) is 7.76. The molecule has 0 unspecified atom stereocenters. The molecule has 0 bridgehead atoms. The van der Waals surface area contributed by atoms with Crippen LogP contribution in [0.1, 0.15) is 25.5 Å². The summed E-state index contributed by atoms with van der Waals surface area (Å²) in [4.78, 5) is 16.1. The standard InChI is InChI=1S/C17H19ClFN3O3/c1-11(2)9-21(10-16(23)12-3-5-13(19)6-4-12)17-15(18)7-14(8-20-17)22(24)25/h3-8,11,16,23H,9-10H2,1-2H3/t16-/m1/s1. The average molecular weight is 368 g/mol. The molecule has 0 radical (unpaired) electrons. The number of anilines is 1. The average Bonchev–Trinajstić information content (AvgIpc) is 2.54. The maximum Gasteiger partial charge on any atom is 0.289 e. The van der Waals surface area contributed by atoms with Gasteiger partial charge in [-0.3, -0.25) is 10.1 Å². The van der Waals surface area contributed by atoms with Crippen LogP contribution in [0.25, 0.3) is 0 Å². The maximum atomic E-state index is 13.0. The van der Waals surface area contributed by atoms with E-state index in [9.17, 15) is 19.6 Å². The lowest BCUT2D eigenvalue weighted by Gasteiger charge is -2.28. The summed E-state index contributed by atoms with van der Waals surface area (Å²) < 4.78 is 13.0. The van der Waals surface area contributed by atoms with Crippen molar-refractivity contribution in [2.24, 2.45) is 5.92 Å². The Morgan fingerprint density at radius 3 is 2.48 bits per heavy atom. The fourth-order valence-electron chi connectivity index (χ4n) is 2.44. The number of aliphatic hydroxyl groups is 1. The monoisotopic (exact) mass is 367 g/mol. The molecule has 1 heterocycles. The largest absolute Gasteiger partial charge is 0.387 e. The van der Waals surface area contributed by atoms with Gasteiger partial charge in [0.2, 0.25) is 0 Å². The molecule has 2 rings (SSSR count). The summed E-state index contributed by atoms with van der Waals surface area (Å²) >= 11 is 6.16. The SMILES string of the molecule is CC(C)CN(C[C@@H](O)c1ccc(F)cc1)c1ncc([N+](=O)[O-])cc1Cl. The van der Waals surface area contributed by atoms with Crippen LogP contribution in [-0.2, 0) is 0 Å². The van der Waals surface area contributed by atoms with Crippen LogP contribution in [0.2, 0.25) is 5.02 Å². The minimum absolute atomic E-state index is 0.140. The van der Waals surface area contributed by atoms with Crippen molar-refractivity contribution in [3.63, 3.8) is 0 Å². The molecular formula is C17H19ClFN3O3. The third-order valence-corrected chi connectivity index (χ3v) is 3.83. The van der Waals surface area contributed by atoms with Crippen LogP contribution in [0, 0.1) is 21.8 Å². The van der Waals surface area contributed by atoms with E-state index in [1.165, 1.54) is 30.3 Å². The molecule has 1 aromatic heterocycles. The van der Waals surface area contributed by atoms with E-state index in [1.807, 2.05) is 13.8 Å². The fraction of sp³-hybridized carbons (Fsp3) is 0.353. The van der Waals surface area contributed by atoms with E-state index in [0.717, 1.165) is 6.20 Å². The lowest BCUT2D eigenvalue weighted by molar-refractivity contribution is -0.385. The normalized spacial score (nSPS) is 12.2. The van der Waals surface area contributed by atoms with Crippen molar-refractivity contribution in [1.82, 2.24) is 4.98 Å². The number of pyridine rings is 1. The molecule has 0 aliphatic carbocycles. The van der Waals surface area contributed by atoms with E-state index < -0.39 is 11.0 Å². The first-order valence-corrected chi connectivity index (χ1v) is 8.14. The number of hydrogen-bond donors (Lipinski definition) is 1. The number of hydrogen-bond acceptors (Lipinski definition) is 5. The first kappa shape index (κ1) is 19.1. The molecule has 8 heteroatoms. The summed E-state index contributed by atoms with van der Waals surface area (Å²) in [5.41, 5.74) is 0.366. The Hall–Kier alpha value is -2.25. The molecule has 1 aromatic carbocycles. The van der Waals surface area contributed by atoms with Crippen LogP contribution in [0.5, 0.6) is 0 Å². The minimum atomic E-state index is -0.882. The van der Waals surface area contributed by atoms with Crippen molar-refractivity contribution in [2.45, 2.75) is 20.0 Å². The second-order valence-electron chi connectivity index (χ2n) is 6.12. The number of aliphatic hydroxyl groups excluding tert-OH is 1. The Balaban J connectivity index is 2.26. The van der Waals surface area contributed by atoms with Crippen molar-refractivity contribution in [3.8, 4) is 0 Å². The zero-order valence-corrected chi connectivity index (χ0v) is 14.7. The van der Waals surface area contributed by atoms with Crippen molar-refractivity contribution >= 4 is 23.1 Å². The van der Waals surface area contributed by atoms with Crippen LogP contribution in [0.4, 0.5) is 15.9 Å². The predicted octanol–water partition coefficient (Wildman–Crippen LogP) is 3.98. The molecule has 0 aliphatic heterocycles. The summed E-state index contributed by atoms with van der Waals surface area (Å²) in [6, 6.07) is 6.82. The first-order chi connectivity index (χ1) is 11.8. The molecule has 0 saturated carbocycles. The van der Waals surface area contributed by atoms with Gasteiger partial charge in [-0.25, -0.2) is 9.37 Å². The molecule has 6 nitrogen and oxygen atoms in total. The van der Waals surface area contributed by atoms with E-state index in [4.69, 9.17) is 11.6 Å². The van der Waals surface area contributed by atoms with Crippen LogP contribution in [0.15, 0.2) is 36.5 Å². The number of rotatable bonds is 7. The maximum absolute atomic E-state index is 13.0. The molecule has 0 aliphatic rings. The molecule has 25 heavy (non-hydrogen) atoms. The third kappa shape index (κ3) is 5.11. The molecule has 0 fully saturated rings. The number of halogens is 2. The van der Waals surface area contributed by atoms with Crippen molar-refractivity contribution in [1.29, 1.82) is 0 Å². The summed E-state index contributed by atoms with van der Waals surface area (Å²) in [5.74, 6) is 0.227. The van der Waals surface area contributed by atoms with Gasteiger partial charge in [0.1, 0.15) is 17.8 Å². The van der Waals surface area contributed by atoms with Gasteiger partial charge in [-0.15, -0.1) is 0 Å². The van der Waals surface area contributed by atoms with Gasteiger partial charge in [0.25, 0.3) is 5.69 Å².